The molecule has 0 unspecified atom stereocenters. The molecule has 5 heteroatoms. The molecule has 1 aliphatic rings. The molecule has 5 nitrogen and oxygen atoms in total. The zero-order valence-corrected chi connectivity index (χ0v) is 18.9. The van der Waals surface area contributed by atoms with Gasteiger partial charge in [-0.25, -0.2) is 0 Å². The maximum atomic E-state index is 12.5. The number of ether oxygens (including phenoxy) is 1. The Kier molecular flexibility index (Phi) is 7.72. The van der Waals surface area contributed by atoms with Crippen LogP contribution in [-0.2, 0) is 15.0 Å². The summed E-state index contributed by atoms with van der Waals surface area (Å²) in [4.78, 5) is 26.8. The number of hydrogen-bond donors (Lipinski definition) is 1. The number of piperidine rings is 1. The van der Waals surface area contributed by atoms with Gasteiger partial charge in [-0.2, -0.15) is 0 Å². The highest BCUT2D eigenvalue weighted by atomic mass is 16.5. The number of carbonyl (C=O) groups excluding carboxylic acids is 2. The number of anilines is 1. The average molecular weight is 423 g/mol. The highest BCUT2D eigenvalue weighted by Crippen LogP contribution is 2.24. The third-order valence-corrected chi connectivity index (χ3v) is 5.78. The van der Waals surface area contributed by atoms with E-state index in [0.29, 0.717) is 45.4 Å². The van der Waals surface area contributed by atoms with Crippen LogP contribution in [0.3, 0.4) is 0 Å². The van der Waals surface area contributed by atoms with Crippen molar-refractivity contribution in [1.29, 1.82) is 0 Å². The van der Waals surface area contributed by atoms with Crippen LogP contribution in [0.2, 0.25) is 0 Å². The topological polar surface area (TPSA) is 58.6 Å². The zero-order valence-electron chi connectivity index (χ0n) is 18.9. The Morgan fingerprint density at radius 2 is 1.65 bits per heavy atom. The van der Waals surface area contributed by atoms with Gasteiger partial charge in [0.25, 0.3) is 0 Å². The summed E-state index contributed by atoms with van der Waals surface area (Å²) in [5, 5.41) is 2.97. The Morgan fingerprint density at radius 1 is 1.00 bits per heavy atom. The van der Waals surface area contributed by atoms with Crippen LogP contribution in [0.15, 0.2) is 54.6 Å². The molecular weight excluding hydrogens is 388 g/mol. The predicted octanol–water partition coefficient (Wildman–Crippen LogP) is 5.02. The molecular formula is C26H34N2O3. The molecule has 1 fully saturated rings. The molecule has 2 aromatic carbocycles. The van der Waals surface area contributed by atoms with E-state index in [2.05, 4.69) is 38.2 Å². The molecule has 0 aliphatic carbocycles. The first kappa shape index (κ1) is 22.9. The third-order valence-electron chi connectivity index (χ3n) is 5.78. The number of likely N-dealkylation sites (tertiary alicyclic amines) is 1. The standard InChI is InChI=1S/C26H34N2O3/c1-26(2,3)21-11-13-23(14-12-21)31-19-7-10-24(29)28-17-15-20(16-18-28)25(30)27-22-8-5-4-6-9-22/h4-6,8-9,11-14,20H,7,10,15-19H2,1-3H3,(H,27,30). The molecule has 1 N–H and O–H groups in total. The van der Waals surface area contributed by atoms with Crippen molar-refractivity contribution in [2.24, 2.45) is 5.92 Å². The van der Waals surface area contributed by atoms with Crippen LogP contribution >= 0.6 is 0 Å². The summed E-state index contributed by atoms with van der Waals surface area (Å²) in [5.41, 5.74) is 2.22. The number of para-hydroxylation sites is 1. The van der Waals surface area contributed by atoms with E-state index >= 15 is 0 Å². The lowest BCUT2D eigenvalue weighted by Crippen LogP contribution is -2.41. The van der Waals surface area contributed by atoms with E-state index in [1.54, 1.807) is 0 Å². The Morgan fingerprint density at radius 3 is 2.26 bits per heavy atom. The molecule has 2 aromatic rings. The van der Waals surface area contributed by atoms with E-state index in [0.717, 1.165) is 11.4 Å². The SMILES string of the molecule is CC(C)(C)c1ccc(OCCCC(=O)N2CCC(C(=O)Nc3ccccc3)CC2)cc1. The number of nitrogens with one attached hydrogen (secondary N) is 1. The maximum absolute atomic E-state index is 12.5. The quantitative estimate of drug-likeness (QED) is 0.638. The van der Waals surface area contributed by atoms with Crippen LogP contribution in [0.5, 0.6) is 5.75 Å². The van der Waals surface area contributed by atoms with E-state index in [1.165, 1.54) is 5.56 Å². The molecule has 0 bridgehead atoms. The monoisotopic (exact) mass is 422 g/mol. The molecule has 1 saturated heterocycles. The minimum Gasteiger partial charge on any atom is -0.494 e. The van der Waals surface area contributed by atoms with Gasteiger partial charge in [0.15, 0.2) is 0 Å². The summed E-state index contributed by atoms with van der Waals surface area (Å²) in [6.45, 7) is 8.37. The molecule has 0 radical (unpaired) electrons. The van der Waals surface area contributed by atoms with Crippen LogP contribution in [-0.4, -0.2) is 36.4 Å². The predicted molar refractivity (Wildman–Crippen MR) is 124 cm³/mol. The summed E-state index contributed by atoms with van der Waals surface area (Å²) in [6, 6.07) is 17.7. The van der Waals surface area contributed by atoms with E-state index in [9.17, 15) is 9.59 Å². The van der Waals surface area contributed by atoms with Gasteiger partial charge in [-0.1, -0.05) is 51.1 Å². The lowest BCUT2D eigenvalue weighted by molar-refractivity contribution is -0.134. The second-order valence-electron chi connectivity index (χ2n) is 9.24. The van der Waals surface area contributed by atoms with Gasteiger partial charge in [0, 0.05) is 31.1 Å². The third kappa shape index (κ3) is 6.84. The molecule has 0 saturated carbocycles. The van der Waals surface area contributed by atoms with Crippen LogP contribution in [0.1, 0.15) is 52.0 Å². The second-order valence-corrected chi connectivity index (χ2v) is 9.24. The van der Waals surface area contributed by atoms with Crippen molar-refractivity contribution >= 4 is 17.5 Å². The minimum absolute atomic E-state index is 0.0383. The lowest BCUT2D eigenvalue weighted by atomic mass is 9.87. The lowest BCUT2D eigenvalue weighted by Gasteiger charge is -2.31. The molecule has 1 aliphatic heterocycles. The van der Waals surface area contributed by atoms with Gasteiger partial charge in [-0.15, -0.1) is 0 Å². The smallest absolute Gasteiger partial charge is 0.227 e. The fourth-order valence-electron chi connectivity index (χ4n) is 3.78. The van der Waals surface area contributed by atoms with Gasteiger partial charge in [0.05, 0.1) is 6.61 Å². The first-order valence-electron chi connectivity index (χ1n) is 11.2. The molecule has 166 valence electrons. The average Bonchev–Trinajstić information content (AvgIpc) is 2.77. The van der Waals surface area contributed by atoms with Crippen LogP contribution in [0, 0.1) is 5.92 Å². The maximum Gasteiger partial charge on any atom is 0.227 e. The van der Waals surface area contributed by atoms with Crippen molar-refractivity contribution in [1.82, 2.24) is 4.90 Å². The summed E-state index contributed by atoms with van der Waals surface area (Å²) < 4.78 is 5.79. The zero-order chi connectivity index (χ0) is 22.3. The molecule has 1 heterocycles. The second kappa shape index (κ2) is 10.5. The van der Waals surface area contributed by atoms with E-state index in [4.69, 9.17) is 4.74 Å². The molecule has 0 spiro atoms. The fourth-order valence-corrected chi connectivity index (χ4v) is 3.78. The van der Waals surface area contributed by atoms with Crippen LogP contribution < -0.4 is 10.1 Å². The Labute approximate surface area is 185 Å². The highest BCUT2D eigenvalue weighted by Gasteiger charge is 2.27. The van der Waals surface area contributed by atoms with Crippen molar-refractivity contribution in [3.05, 3.63) is 60.2 Å². The van der Waals surface area contributed by atoms with Gasteiger partial charge in [0.2, 0.25) is 11.8 Å². The van der Waals surface area contributed by atoms with Crippen molar-refractivity contribution in [2.45, 2.75) is 51.9 Å². The molecule has 2 amide bonds. The van der Waals surface area contributed by atoms with E-state index < -0.39 is 0 Å². The van der Waals surface area contributed by atoms with Crippen LogP contribution in [0.4, 0.5) is 5.69 Å². The van der Waals surface area contributed by atoms with Crippen molar-refractivity contribution in [3.63, 3.8) is 0 Å². The van der Waals surface area contributed by atoms with Crippen molar-refractivity contribution in [2.75, 3.05) is 25.0 Å². The number of rotatable bonds is 7. The van der Waals surface area contributed by atoms with Gasteiger partial charge >= 0.3 is 0 Å². The number of nitrogens with zero attached hydrogens (tertiary/aromatic N) is 1. The Bertz CT molecular complexity index is 848. The van der Waals surface area contributed by atoms with E-state index in [-0.39, 0.29) is 23.1 Å². The van der Waals surface area contributed by atoms with Gasteiger partial charge in [-0.05, 0) is 54.5 Å². The van der Waals surface area contributed by atoms with Gasteiger partial charge in [0.1, 0.15) is 5.75 Å². The fraction of sp³-hybridized carbons (Fsp3) is 0.462. The molecule has 0 aromatic heterocycles. The van der Waals surface area contributed by atoms with Crippen LogP contribution in [0.25, 0.3) is 0 Å². The minimum atomic E-state index is -0.0383. The first-order chi connectivity index (χ1) is 14.8. The van der Waals surface area contributed by atoms with Crippen molar-refractivity contribution in [3.8, 4) is 5.75 Å². The first-order valence-corrected chi connectivity index (χ1v) is 11.2. The largest absolute Gasteiger partial charge is 0.494 e. The Balaban J connectivity index is 1.34. The molecule has 31 heavy (non-hydrogen) atoms. The van der Waals surface area contributed by atoms with E-state index in [1.807, 2.05) is 47.4 Å². The van der Waals surface area contributed by atoms with Crippen molar-refractivity contribution < 1.29 is 14.3 Å². The normalized spacial score (nSPS) is 14.9. The molecule has 0 atom stereocenters. The number of hydrogen-bond acceptors (Lipinski definition) is 3. The number of carbonyl (C=O) groups is 2. The molecule has 3 rings (SSSR count). The number of amides is 2. The number of benzene rings is 2. The summed E-state index contributed by atoms with van der Waals surface area (Å²) in [5.74, 6) is 0.993. The van der Waals surface area contributed by atoms with Gasteiger partial charge < -0.3 is 15.0 Å². The highest BCUT2D eigenvalue weighted by molar-refractivity contribution is 5.92. The Hall–Kier alpha value is -2.82. The van der Waals surface area contributed by atoms with Gasteiger partial charge in [-0.3, -0.25) is 9.59 Å². The summed E-state index contributed by atoms with van der Waals surface area (Å²) >= 11 is 0. The summed E-state index contributed by atoms with van der Waals surface area (Å²) in [7, 11) is 0. The summed E-state index contributed by atoms with van der Waals surface area (Å²) in [6.07, 6.45) is 2.58.